The standard InChI is InChI=1S/C24H24ClN3O4/c1-27(31-2)24(30)26-21-14-13-20(22(25)15-21)16-28(23(29)19-11-7-4-8-12-19)32-17-18-9-5-3-6-10-18/h3-15H,16-17H2,1-2H3,(H,26,30). The Balaban J connectivity index is 1.77. The smallest absolute Gasteiger partial charge is 0.306 e. The van der Waals surface area contributed by atoms with Gasteiger partial charge in [0.25, 0.3) is 5.91 Å². The Morgan fingerprint density at radius 2 is 1.62 bits per heavy atom. The van der Waals surface area contributed by atoms with E-state index < -0.39 is 6.03 Å². The van der Waals surface area contributed by atoms with Gasteiger partial charge < -0.3 is 5.32 Å². The highest BCUT2D eigenvalue weighted by atomic mass is 35.5. The minimum atomic E-state index is -0.441. The summed E-state index contributed by atoms with van der Waals surface area (Å²) in [7, 11) is 2.88. The van der Waals surface area contributed by atoms with Gasteiger partial charge in [-0.3, -0.25) is 14.5 Å². The van der Waals surface area contributed by atoms with Crippen LogP contribution < -0.4 is 5.32 Å². The Bertz CT molecular complexity index is 1050. The zero-order valence-corrected chi connectivity index (χ0v) is 18.6. The molecular weight excluding hydrogens is 430 g/mol. The molecule has 1 N–H and O–H groups in total. The quantitative estimate of drug-likeness (QED) is 0.479. The lowest BCUT2D eigenvalue weighted by Crippen LogP contribution is -2.31. The van der Waals surface area contributed by atoms with Gasteiger partial charge in [0, 0.05) is 23.3 Å². The number of nitrogens with one attached hydrogen (secondary N) is 1. The maximum absolute atomic E-state index is 13.1. The predicted octanol–water partition coefficient (Wildman–Crippen LogP) is 5.14. The number of carbonyl (C=O) groups is 2. The van der Waals surface area contributed by atoms with Crippen molar-refractivity contribution in [3.8, 4) is 0 Å². The molecule has 166 valence electrons. The largest absolute Gasteiger partial charge is 0.345 e. The van der Waals surface area contributed by atoms with Crippen LogP contribution in [-0.2, 0) is 22.8 Å². The average Bonchev–Trinajstić information content (AvgIpc) is 2.83. The van der Waals surface area contributed by atoms with E-state index in [9.17, 15) is 9.59 Å². The van der Waals surface area contributed by atoms with Crippen molar-refractivity contribution in [2.24, 2.45) is 0 Å². The maximum Gasteiger partial charge on any atom is 0.345 e. The van der Waals surface area contributed by atoms with Crippen LogP contribution in [0.5, 0.6) is 0 Å². The maximum atomic E-state index is 13.1. The van der Waals surface area contributed by atoms with Crippen LogP contribution in [0.4, 0.5) is 10.5 Å². The first-order chi connectivity index (χ1) is 15.5. The third-order valence-corrected chi connectivity index (χ3v) is 5.01. The second-order valence-corrected chi connectivity index (χ2v) is 7.29. The molecule has 0 bridgehead atoms. The van der Waals surface area contributed by atoms with Crippen molar-refractivity contribution in [1.29, 1.82) is 0 Å². The van der Waals surface area contributed by atoms with Gasteiger partial charge in [-0.1, -0.05) is 66.2 Å². The number of amides is 3. The Labute approximate surface area is 192 Å². The van der Waals surface area contributed by atoms with Crippen molar-refractivity contribution in [3.63, 3.8) is 0 Å². The van der Waals surface area contributed by atoms with E-state index in [0.29, 0.717) is 21.8 Å². The van der Waals surface area contributed by atoms with Crippen molar-refractivity contribution in [1.82, 2.24) is 10.1 Å². The normalized spacial score (nSPS) is 10.5. The number of rotatable bonds is 8. The Kier molecular flexibility index (Phi) is 8.21. The number of halogens is 1. The summed E-state index contributed by atoms with van der Waals surface area (Å²) in [6, 6.07) is 23.1. The SMILES string of the molecule is CON(C)C(=O)Nc1ccc(CN(OCc2ccccc2)C(=O)c2ccccc2)c(Cl)c1. The van der Waals surface area contributed by atoms with Crippen LogP contribution in [0.2, 0.25) is 5.02 Å². The number of hydrogen-bond acceptors (Lipinski definition) is 4. The van der Waals surface area contributed by atoms with Gasteiger partial charge >= 0.3 is 6.03 Å². The van der Waals surface area contributed by atoms with Crippen LogP contribution in [0.3, 0.4) is 0 Å². The molecule has 0 atom stereocenters. The molecule has 0 aromatic heterocycles. The third kappa shape index (κ3) is 6.31. The van der Waals surface area contributed by atoms with Crippen LogP contribution in [0.25, 0.3) is 0 Å². The summed E-state index contributed by atoms with van der Waals surface area (Å²) in [5.74, 6) is -0.281. The highest BCUT2D eigenvalue weighted by molar-refractivity contribution is 6.31. The Morgan fingerprint density at radius 1 is 0.969 bits per heavy atom. The molecule has 0 unspecified atom stereocenters. The Morgan fingerprint density at radius 3 is 2.25 bits per heavy atom. The molecule has 3 aromatic carbocycles. The predicted molar refractivity (Wildman–Crippen MR) is 123 cm³/mol. The van der Waals surface area contributed by atoms with Crippen molar-refractivity contribution in [3.05, 3.63) is 101 Å². The van der Waals surface area contributed by atoms with E-state index >= 15 is 0 Å². The number of benzene rings is 3. The van der Waals surface area contributed by atoms with Crippen LogP contribution >= 0.6 is 11.6 Å². The van der Waals surface area contributed by atoms with Gasteiger partial charge in [-0.25, -0.2) is 14.9 Å². The van der Waals surface area contributed by atoms with E-state index in [0.717, 1.165) is 10.6 Å². The zero-order chi connectivity index (χ0) is 22.9. The molecule has 0 aliphatic heterocycles. The number of carbonyl (C=O) groups excluding carboxylic acids is 2. The van der Waals surface area contributed by atoms with E-state index in [1.54, 1.807) is 42.5 Å². The first-order valence-corrected chi connectivity index (χ1v) is 10.3. The van der Waals surface area contributed by atoms with Gasteiger partial charge in [-0.05, 0) is 35.4 Å². The highest BCUT2D eigenvalue weighted by Gasteiger charge is 2.19. The molecular formula is C24H24ClN3O4. The molecule has 8 heteroatoms. The first-order valence-electron chi connectivity index (χ1n) is 9.89. The Hall–Kier alpha value is -3.39. The summed E-state index contributed by atoms with van der Waals surface area (Å²) in [6.45, 7) is 0.361. The van der Waals surface area contributed by atoms with Crippen molar-refractivity contribution in [2.45, 2.75) is 13.2 Å². The lowest BCUT2D eigenvalue weighted by Gasteiger charge is -2.23. The third-order valence-electron chi connectivity index (χ3n) is 4.66. The molecule has 32 heavy (non-hydrogen) atoms. The van der Waals surface area contributed by atoms with E-state index in [4.69, 9.17) is 21.3 Å². The molecule has 0 heterocycles. The van der Waals surface area contributed by atoms with Gasteiger partial charge in [0.1, 0.15) is 6.61 Å². The molecule has 0 aliphatic rings. The van der Waals surface area contributed by atoms with E-state index in [2.05, 4.69) is 5.32 Å². The molecule has 0 fully saturated rings. The van der Waals surface area contributed by atoms with E-state index in [1.165, 1.54) is 19.2 Å². The molecule has 7 nitrogen and oxygen atoms in total. The fourth-order valence-corrected chi connectivity index (χ4v) is 3.06. The number of nitrogens with zero attached hydrogens (tertiary/aromatic N) is 2. The minimum absolute atomic E-state index is 0.131. The summed E-state index contributed by atoms with van der Waals surface area (Å²) in [5, 5.41) is 5.41. The van der Waals surface area contributed by atoms with Crippen LogP contribution in [-0.4, -0.2) is 36.2 Å². The van der Waals surface area contributed by atoms with E-state index in [1.807, 2.05) is 36.4 Å². The summed E-state index contributed by atoms with van der Waals surface area (Å²) < 4.78 is 0. The lowest BCUT2D eigenvalue weighted by molar-refractivity contribution is -0.140. The summed E-state index contributed by atoms with van der Waals surface area (Å²) in [6.07, 6.45) is 0. The molecule has 0 radical (unpaired) electrons. The summed E-state index contributed by atoms with van der Waals surface area (Å²) in [4.78, 5) is 35.8. The fourth-order valence-electron chi connectivity index (χ4n) is 2.82. The van der Waals surface area contributed by atoms with Crippen molar-refractivity contribution < 1.29 is 19.3 Å². The van der Waals surface area contributed by atoms with Gasteiger partial charge in [0.05, 0.1) is 13.7 Å². The molecule has 3 rings (SSSR count). The van der Waals surface area contributed by atoms with E-state index in [-0.39, 0.29) is 19.1 Å². The van der Waals surface area contributed by atoms with Gasteiger partial charge in [0.15, 0.2) is 0 Å². The first kappa shape index (κ1) is 23.3. The molecule has 0 aliphatic carbocycles. The molecule has 3 amide bonds. The second-order valence-electron chi connectivity index (χ2n) is 6.88. The topological polar surface area (TPSA) is 71.1 Å². The molecule has 0 saturated heterocycles. The molecule has 3 aromatic rings. The lowest BCUT2D eigenvalue weighted by atomic mass is 10.1. The number of anilines is 1. The van der Waals surface area contributed by atoms with Crippen molar-refractivity contribution >= 4 is 29.2 Å². The zero-order valence-electron chi connectivity index (χ0n) is 17.8. The number of hydroxylamine groups is 4. The summed E-state index contributed by atoms with van der Waals surface area (Å²) in [5.41, 5.74) is 2.61. The average molecular weight is 454 g/mol. The minimum Gasteiger partial charge on any atom is -0.306 e. The van der Waals surface area contributed by atoms with Crippen LogP contribution in [0, 0.1) is 0 Å². The monoisotopic (exact) mass is 453 g/mol. The molecule has 0 spiro atoms. The van der Waals surface area contributed by atoms with Gasteiger partial charge in [0.2, 0.25) is 0 Å². The number of urea groups is 1. The number of hydrogen-bond donors (Lipinski definition) is 1. The molecule has 0 saturated carbocycles. The van der Waals surface area contributed by atoms with Crippen LogP contribution in [0.15, 0.2) is 78.9 Å². The van der Waals surface area contributed by atoms with Gasteiger partial charge in [-0.15, -0.1) is 0 Å². The van der Waals surface area contributed by atoms with Crippen LogP contribution in [0.1, 0.15) is 21.5 Å². The van der Waals surface area contributed by atoms with Crippen molar-refractivity contribution in [2.75, 3.05) is 19.5 Å². The fraction of sp³-hybridized carbons (Fsp3) is 0.167. The highest BCUT2D eigenvalue weighted by Crippen LogP contribution is 2.24. The summed E-state index contributed by atoms with van der Waals surface area (Å²) >= 11 is 6.45. The second kappa shape index (κ2) is 11.3. The van der Waals surface area contributed by atoms with Gasteiger partial charge in [-0.2, -0.15) is 0 Å².